The number of rotatable bonds is 21. The average molecular weight is 576 g/mol. The summed E-state index contributed by atoms with van der Waals surface area (Å²) >= 11 is 0. The molecule has 0 spiro atoms. The lowest BCUT2D eigenvalue weighted by Gasteiger charge is -2.35. The second kappa shape index (κ2) is 27.7. The molecule has 0 saturated heterocycles. The van der Waals surface area contributed by atoms with Gasteiger partial charge in [-0.3, -0.25) is 14.5 Å². The quantitative estimate of drug-likeness (QED) is 0.0796. The summed E-state index contributed by atoms with van der Waals surface area (Å²) in [4.78, 5) is 23.9. The van der Waals surface area contributed by atoms with Gasteiger partial charge in [-0.1, -0.05) is 90.6 Å². The molecule has 0 fully saturated rings. The fraction of sp³-hybridized carbons (Fsp3) is 0.875. The van der Waals surface area contributed by atoms with Gasteiger partial charge in [0.1, 0.15) is 5.54 Å². The van der Waals surface area contributed by atoms with E-state index in [0.717, 1.165) is 32.5 Å². The van der Waals surface area contributed by atoms with E-state index in [4.69, 9.17) is 15.6 Å². The number of nitrogens with two attached hydrogens (primary N) is 1. The number of carboxylic acid groups (broad SMARTS) is 2. The van der Waals surface area contributed by atoms with Gasteiger partial charge < -0.3 is 26.8 Å². The molecule has 0 aliphatic heterocycles. The van der Waals surface area contributed by atoms with Crippen LogP contribution >= 0.6 is 0 Å². The van der Waals surface area contributed by atoms with Crippen molar-refractivity contribution in [1.82, 2.24) is 11.1 Å². The fourth-order valence-corrected chi connectivity index (χ4v) is 4.33. The highest BCUT2D eigenvalue weighted by Crippen LogP contribution is 2.35. The zero-order chi connectivity index (χ0) is 30.9. The minimum absolute atomic E-state index is 0. The van der Waals surface area contributed by atoms with E-state index in [1.807, 2.05) is 27.7 Å². The van der Waals surface area contributed by atoms with Crippen LogP contribution in [0.3, 0.4) is 0 Å². The fourth-order valence-electron chi connectivity index (χ4n) is 4.33. The molecule has 0 radical (unpaired) electrons. The standard InChI is InChI=1S/C20H40O2.C8H16N2O2.C4H10O.H3N/c1-5-7-8-9-10-11-12-13-14-15-17-18(16-6-2)20(3,4)19(21)22;1-5-6(9)8(2,7(11)12)10(3)4;1-3-5-4-2;/h18H,5-17H2,1-4H3,(H,21,22);5-6H,1,9H2,2-4H3,(H,11,12);3-4H2,1-2H3;1H3. The lowest BCUT2D eigenvalue weighted by Crippen LogP contribution is -2.59. The van der Waals surface area contributed by atoms with E-state index < -0.39 is 28.9 Å². The van der Waals surface area contributed by atoms with Gasteiger partial charge in [0, 0.05) is 13.2 Å². The first kappa shape index (κ1) is 45.5. The first-order valence-electron chi connectivity index (χ1n) is 15.3. The number of aliphatic carboxylic acids is 2. The molecular formula is C32H69N3O5. The van der Waals surface area contributed by atoms with Crippen LogP contribution in [0, 0.1) is 11.3 Å². The summed E-state index contributed by atoms with van der Waals surface area (Å²) in [6.45, 7) is 18.9. The molecular weight excluding hydrogens is 506 g/mol. The van der Waals surface area contributed by atoms with Gasteiger partial charge in [-0.2, -0.15) is 0 Å². The van der Waals surface area contributed by atoms with E-state index in [-0.39, 0.29) is 6.15 Å². The van der Waals surface area contributed by atoms with Crippen molar-refractivity contribution < 1.29 is 24.5 Å². The highest BCUT2D eigenvalue weighted by molar-refractivity contribution is 5.79. The number of carbonyl (C=O) groups is 2. The normalized spacial score (nSPS) is 13.9. The van der Waals surface area contributed by atoms with Gasteiger partial charge in [-0.15, -0.1) is 6.58 Å². The van der Waals surface area contributed by atoms with E-state index in [9.17, 15) is 14.7 Å². The zero-order valence-corrected chi connectivity index (χ0v) is 27.9. The van der Waals surface area contributed by atoms with Crippen LogP contribution in [0.15, 0.2) is 12.7 Å². The molecule has 8 nitrogen and oxygen atoms in total. The molecule has 0 amide bonds. The molecule has 0 aromatic rings. The molecule has 8 heteroatoms. The highest BCUT2D eigenvalue weighted by Gasteiger charge is 2.40. The predicted molar refractivity (Wildman–Crippen MR) is 171 cm³/mol. The third-order valence-corrected chi connectivity index (χ3v) is 7.79. The Morgan fingerprint density at radius 3 is 1.48 bits per heavy atom. The van der Waals surface area contributed by atoms with E-state index in [1.165, 1.54) is 70.3 Å². The van der Waals surface area contributed by atoms with Crippen LogP contribution in [-0.4, -0.2) is 65.9 Å². The van der Waals surface area contributed by atoms with E-state index >= 15 is 0 Å². The van der Waals surface area contributed by atoms with Crippen molar-refractivity contribution in [2.45, 2.75) is 144 Å². The summed E-state index contributed by atoms with van der Waals surface area (Å²) in [5.74, 6) is -1.26. The molecule has 3 atom stereocenters. The van der Waals surface area contributed by atoms with Crippen molar-refractivity contribution in [2.75, 3.05) is 27.3 Å². The summed E-state index contributed by atoms with van der Waals surface area (Å²) in [7, 11) is 3.36. The predicted octanol–water partition coefficient (Wildman–Crippen LogP) is 7.93. The van der Waals surface area contributed by atoms with Crippen molar-refractivity contribution in [3.05, 3.63) is 12.7 Å². The molecule has 0 aliphatic carbocycles. The summed E-state index contributed by atoms with van der Waals surface area (Å²) in [6.07, 6.45) is 18.1. The summed E-state index contributed by atoms with van der Waals surface area (Å²) in [5.41, 5.74) is 3.96. The Balaban J connectivity index is -0.000000301. The van der Waals surface area contributed by atoms with Crippen LogP contribution in [0.5, 0.6) is 0 Å². The van der Waals surface area contributed by atoms with E-state index in [1.54, 1.807) is 25.9 Å². The number of nitrogens with zero attached hydrogens (tertiary/aromatic N) is 1. The van der Waals surface area contributed by atoms with Gasteiger partial charge in [0.25, 0.3) is 0 Å². The van der Waals surface area contributed by atoms with Crippen molar-refractivity contribution in [2.24, 2.45) is 17.1 Å². The Morgan fingerprint density at radius 1 is 0.800 bits per heavy atom. The van der Waals surface area contributed by atoms with Gasteiger partial charge in [0.2, 0.25) is 0 Å². The maximum Gasteiger partial charge on any atom is 0.325 e. The smallest absolute Gasteiger partial charge is 0.325 e. The topological polar surface area (TPSA) is 148 Å². The van der Waals surface area contributed by atoms with Gasteiger partial charge >= 0.3 is 11.9 Å². The van der Waals surface area contributed by atoms with Crippen molar-refractivity contribution >= 4 is 11.9 Å². The largest absolute Gasteiger partial charge is 0.481 e. The minimum Gasteiger partial charge on any atom is -0.481 e. The SMILES string of the molecule is C=CC(N)C(C)(C(=O)O)N(C)C.CCCCCCCCCCCCC(CCC)C(C)(C)C(=O)O.CCOCC.N. The lowest BCUT2D eigenvalue weighted by atomic mass is 9.74. The van der Waals surface area contributed by atoms with Crippen LogP contribution < -0.4 is 11.9 Å². The Morgan fingerprint density at radius 2 is 1.23 bits per heavy atom. The number of unbranched alkanes of at least 4 members (excludes halogenated alkanes) is 9. The van der Waals surface area contributed by atoms with E-state index in [2.05, 4.69) is 20.4 Å². The van der Waals surface area contributed by atoms with Crippen molar-refractivity contribution in [3.8, 4) is 0 Å². The second-order valence-electron chi connectivity index (χ2n) is 11.4. The van der Waals surface area contributed by atoms with Gasteiger partial charge in [0.15, 0.2) is 0 Å². The van der Waals surface area contributed by atoms with Crippen LogP contribution in [0.4, 0.5) is 0 Å². The van der Waals surface area contributed by atoms with Gasteiger partial charge in [-0.25, -0.2) is 0 Å². The minimum atomic E-state index is -1.08. The molecule has 0 aliphatic rings. The summed E-state index contributed by atoms with van der Waals surface area (Å²) < 4.78 is 4.83. The molecule has 0 aromatic carbocycles. The van der Waals surface area contributed by atoms with E-state index in [0.29, 0.717) is 5.92 Å². The average Bonchev–Trinajstić information content (AvgIpc) is 2.88. The molecule has 0 bridgehead atoms. The molecule has 0 saturated carbocycles. The van der Waals surface area contributed by atoms with Crippen LogP contribution in [-0.2, 0) is 14.3 Å². The van der Waals surface area contributed by atoms with Gasteiger partial charge in [-0.05, 0) is 67.5 Å². The number of ether oxygens (including phenoxy) is 1. The first-order chi connectivity index (χ1) is 18.2. The van der Waals surface area contributed by atoms with Crippen LogP contribution in [0.2, 0.25) is 0 Å². The molecule has 40 heavy (non-hydrogen) atoms. The zero-order valence-electron chi connectivity index (χ0n) is 27.9. The number of likely N-dealkylation sites (N-methyl/N-ethyl adjacent to an activating group) is 1. The molecule has 0 aromatic heterocycles. The monoisotopic (exact) mass is 576 g/mol. The maximum absolute atomic E-state index is 11.4. The molecule has 3 unspecified atom stereocenters. The first-order valence-corrected chi connectivity index (χ1v) is 15.3. The molecule has 7 N–H and O–H groups in total. The third-order valence-electron chi connectivity index (χ3n) is 7.79. The van der Waals surface area contributed by atoms with Crippen LogP contribution in [0.1, 0.15) is 132 Å². The number of carboxylic acids is 2. The Labute approximate surface area is 248 Å². The number of hydrogen-bond donors (Lipinski definition) is 4. The molecule has 0 rings (SSSR count). The summed E-state index contributed by atoms with van der Waals surface area (Å²) in [5, 5.41) is 18.3. The third kappa shape index (κ3) is 20.4. The Hall–Kier alpha value is -1.48. The second-order valence-corrected chi connectivity index (χ2v) is 11.4. The van der Waals surface area contributed by atoms with Crippen molar-refractivity contribution in [3.63, 3.8) is 0 Å². The highest BCUT2D eigenvalue weighted by atomic mass is 16.5. The molecule has 0 heterocycles. The van der Waals surface area contributed by atoms with Crippen molar-refractivity contribution in [1.29, 1.82) is 0 Å². The maximum atomic E-state index is 11.4. The Kier molecular flexibility index (Phi) is 31.5. The molecule has 242 valence electrons. The van der Waals surface area contributed by atoms with Crippen LogP contribution in [0.25, 0.3) is 0 Å². The Bertz CT molecular complexity index is 611. The van der Waals surface area contributed by atoms with Gasteiger partial charge in [0.05, 0.1) is 11.5 Å². The lowest BCUT2D eigenvalue weighted by molar-refractivity contribution is -0.151. The summed E-state index contributed by atoms with van der Waals surface area (Å²) in [6, 6.07) is -0.579. The number of hydrogen-bond acceptors (Lipinski definition) is 6.